The van der Waals surface area contributed by atoms with E-state index in [0.29, 0.717) is 12.0 Å². The highest BCUT2D eigenvalue weighted by Gasteiger charge is 2.25. The van der Waals surface area contributed by atoms with Crippen molar-refractivity contribution >= 4 is 22.4 Å². The van der Waals surface area contributed by atoms with Crippen LogP contribution in [0.1, 0.15) is 36.7 Å². The lowest BCUT2D eigenvalue weighted by atomic mass is 9.99. The van der Waals surface area contributed by atoms with Crippen LogP contribution in [-0.2, 0) is 6.54 Å². The topological polar surface area (TPSA) is 66.8 Å². The number of anilines is 2. The van der Waals surface area contributed by atoms with E-state index >= 15 is 0 Å². The van der Waals surface area contributed by atoms with Crippen LogP contribution >= 0.6 is 11.3 Å². The fourth-order valence-corrected chi connectivity index (χ4v) is 3.74. The van der Waals surface area contributed by atoms with E-state index < -0.39 is 0 Å². The zero-order chi connectivity index (χ0) is 16.9. The van der Waals surface area contributed by atoms with Crippen molar-refractivity contribution in [1.29, 1.82) is 0 Å². The molecule has 4 heterocycles. The largest absolute Gasteiger partial charge is 0.300 e. The fraction of sp³-hybridized carbons (Fsp3) is 0.333. The summed E-state index contributed by atoms with van der Waals surface area (Å²) >= 11 is 1.54. The molecule has 4 rings (SSSR count). The molecule has 7 heteroatoms. The van der Waals surface area contributed by atoms with Gasteiger partial charge in [0.1, 0.15) is 0 Å². The average molecular weight is 352 g/mol. The standard InChI is InChI=1S/C18H20N6S/c1-3-8-19-14(5-1)13-24-11-4-2-6-16(24)15-7-9-20-17(22-15)23-18-21-10-12-25-18/h1,3,5,7-10,12,16H,2,4,6,11,13H2,(H,20,21,22,23)/t16-/m0/s1. The highest BCUT2D eigenvalue weighted by atomic mass is 32.1. The Bertz CT molecular complexity index is 792. The van der Waals surface area contributed by atoms with Gasteiger partial charge in [0.2, 0.25) is 5.95 Å². The van der Waals surface area contributed by atoms with Gasteiger partial charge in [-0.2, -0.15) is 0 Å². The molecule has 0 radical (unpaired) electrons. The van der Waals surface area contributed by atoms with Crippen LogP contribution in [0.25, 0.3) is 0 Å². The second-order valence-electron chi connectivity index (χ2n) is 6.07. The smallest absolute Gasteiger partial charge is 0.229 e. The molecule has 6 nitrogen and oxygen atoms in total. The molecule has 1 aliphatic heterocycles. The number of rotatable bonds is 5. The van der Waals surface area contributed by atoms with E-state index in [2.05, 4.69) is 31.2 Å². The molecule has 1 N–H and O–H groups in total. The van der Waals surface area contributed by atoms with Crippen molar-refractivity contribution in [3.63, 3.8) is 0 Å². The van der Waals surface area contributed by atoms with Crippen molar-refractivity contribution in [2.75, 3.05) is 11.9 Å². The van der Waals surface area contributed by atoms with E-state index in [-0.39, 0.29) is 0 Å². The zero-order valence-corrected chi connectivity index (χ0v) is 14.7. The van der Waals surface area contributed by atoms with Gasteiger partial charge >= 0.3 is 0 Å². The first-order valence-electron chi connectivity index (χ1n) is 8.52. The number of piperidine rings is 1. The first kappa shape index (κ1) is 16.1. The Morgan fingerprint density at radius 3 is 2.92 bits per heavy atom. The maximum absolute atomic E-state index is 4.75. The van der Waals surface area contributed by atoms with E-state index in [0.717, 1.165) is 36.0 Å². The molecule has 25 heavy (non-hydrogen) atoms. The van der Waals surface area contributed by atoms with Gasteiger partial charge in [-0.1, -0.05) is 12.5 Å². The van der Waals surface area contributed by atoms with Gasteiger partial charge in [0.05, 0.1) is 17.4 Å². The SMILES string of the molecule is c1ccc(CN2CCCC[C@H]2c2ccnc(Nc3nccs3)n2)nc1. The van der Waals surface area contributed by atoms with Gasteiger partial charge in [0.15, 0.2) is 5.13 Å². The molecule has 0 saturated carbocycles. The molecule has 1 atom stereocenters. The number of nitrogens with one attached hydrogen (secondary N) is 1. The van der Waals surface area contributed by atoms with E-state index in [9.17, 15) is 0 Å². The number of hydrogen-bond donors (Lipinski definition) is 1. The fourth-order valence-electron chi connectivity index (χ4n) is 3.21. The molecule has 0 amide bonds. The third-order valence-corrected chi connectivity index (χ3v) is 5.06. The van der Waals surface area contributed by atoms with Crippen molar-refractivity contribution in [1.82, 2.24) is 24.8 Å². The molecule has 0 bridgehead atoms. The van der Waals surface area contributed by atoms with Crippen LogP contribution in [0.15, 0.2) is 48.2 Å². The molecular formula is C18H20N6S. The molecule has 0 aliphatic carbocycles. The lowest BCUT2D eigenvalue weighted by Crippen LogP contribution is -2.33. The second kappa shape index (κ2) is 7.67. The first-order chi connectivity index (χ1) is 12.4. The van der Waals surface area contributed by atoms with Crippen molar-refractivity contribution < 1.29 is 0 Å². The Kier molecular flexibility index (Phi) is 4.94. The van der Waals surface area contributed by atoms with Crippen molar-refractivity contribution in [3.05, 3.63) is 59.6 Å². The minimum absolute atomic E-state index is 0.301. The number of nitrogens with zero attached hydrogens (tertiary/aromatic N) is 5. The van der Waals surface area contributed by atoms with Gasteiger partial charge in [-0.15, -0.1) is 11.3 Å². The lowest BCUT2D eigenvalue weighted by molar-refractivity contribution is 0.135. The summed E-state index contributed by atoms with van der Waals surface area (Å²) in [6.07, 6.45) is 9.01. The van der Waals surface area contributed by atoms with Crippen LogP contribution in [0, 0.1) is 0 Å². The summed E-state index contributed by atoms with van der Waals surface area (Å²) in [6, 6.07) is 8.41. The molecule has 3 aromatic heterocycles. The van der Waals surface area contributed by atoms with Crippen LogP contribution in [-0.4, -0.2) is 31.4 Å². The number of pyridine rings is 1. The lowest BCUT2D eigenvalue weighted by Gasteiger charge is -2.35. The third-order valence-electron chi connectivity index (χ3n) is 4.37. The second-order valence-corrected chi connectivity index (χ2v) is 6.97. The maximum Gasteiger partial charge on any atom is 0.229 e. The predicted molar refractivity (Wildman–Crippen MR) is 98.7 cm³/mol. The van der Waals surface area contributed by atoms with Gasteiger partial charge in [-0.05, 0) is 37.6 Å². The molecule has 0 unspecified atom stereocenters. The summed E-state index contributed by atoms with van der Waals surface area (Å²) in [5, 5.41) is 5.93. The Hall–Kier alpha value is -2.38. The van der Waals surface area contributed by atoms with Crippen molar-refractivity contribution in [2.45, 2.75) is 31.8 Å². The Labute approximate surface area is 151 Å². The average Bonchev–Trinajstić information content (AvgIpc) is 3.16. The van der Waals surface area contributed by atoms with E-state index in [1.165, 1.54) is 12.8 Å². The Balaban J connectivity index is 1.53. The zero-order valence-electron chi connectivity index (χ0n) is 13.9. The van der Waals surface area contributed by atoms with Crippen LogP contribution in [0.2, 0.25) is 0 Å². The normalized spacial score (nSPS) is 18.2. The van der Waals surface area contributed by atoms with Crippen LogP contribution in [0.4, 0.5) is 11.1 Å². The van der Waals surface area contributed by atoms with E-state index in [1.807, 2.05) is 36.0 Å². The number of likely N-dealkylation sites (tertiary alicyclic amines) is 1. The summed E-state index contributed by atoms with van der Waals surface area (Å²) in [7, 11) is 0. The van der Waals surface area contributed by atoms with Gasteiger partial charge in [0, 0.05) is 30.5 Å². The highest BCUT2D eigenvalue weighted by molar-refractivity contribution is 7.13. The molecule has 0 aromatic carbocycles. The minimum atomic E-state index is 0.301. The monoisotopic (exact) mass is 352 g/mol. The summed E-state index contributed by atoms with van der Waals surface area (Å²) in [5.74, 6) is 0.607. The van der Waals surface area contributed by atoms with Gasteiger partial charge in [-0.25, -0.2) is 15.0 Å². The maximum atomic E-state index is 4.75. The number of thiazole rings is 1. The molecule has 1 aliphatic rings. The van der Waals surface area contributed by atoms with Gasteiger partial charge < -0.3 is 5.32 Å². The molecular weight excluding hydrogens is 332 g/mol. The van der Waals surface area contributed by atoms with Crippen LogP contribution in [0.3, 0.4) is 0 Å². The summed E-state index contributed by atoms with van der Waals surface area (Å²) in [6.45, 7) is 1.92. The summed E-state index contributed by atoms with van der Waals surface area (Å²) in [4.78, 5) is 20.3. The molecule has 0 spiro atoms. The van der Waals surface area contributed by atoms with Gasteiger partial charge in [0.25, 0.3) is 0 Å². The Morgan fingerprint density at radius 2 is 2.08 bits per heavy atom. The third kappa shape index (κ3) is 4.00. The molecule has 3 aromatic rings. The Morgan fingerprint density at radius 1 is 1.08 bits per heavy atom. The van der Waals surface area contributed by atoms with Crippen LogP contribution in [0.5, 0.6) is 0 Å². The highest BCUT2D eigenvalue weighted by Crippen LogP contribution is 2.31. The minimum Gasteiger partial charge on any atom is -0.300 e. The number of hydrogen-bond acceptors (Lipinski definition) is 7. The van der Waals surface area contributed by atoms with Crippen LogP contribution < -0.4 is 5.32 Å². The van der Waals surface area contributed by atoms with Gasteiger partial charge in [-0.3, -0.25) is 9.88 Å². The van der Waals surface area contributed by atoms with Crippen molar-refractivity contribution in [2.24, 2.45) is 0 Å². The quantitative estimate of drug-likeness (QED) is 0.753. The molecule has 128 valence electrons. The van der Waals surface area contributed by atoms with Crippen molar-refractivity contribution in [3.8, 4) is 0 Å². The van der Waals surface area contributed by atoms with E-state index in [1.54, 1.807) is 17.5 Å². The number of aromatic nitrogens is 4. The first-order valence-corrected chi connectivity index (χ1v) is 9.40. The molecule has 1 saturated heterocycles. The molecule has 1 fully saturated rings. The summed E-state index contributed by atoms with van der Waals surface area (Å²) < 4.78 is 0. The predicted octanol–water partition coefficient (Wildman–Crippen LogP) is 3.80. The summed E-state index contributed by atoms with van der Waals surface area (Å²) in [5.41, 5.74) is 2.16. The van der Waals surface area contributed by atoms with E-state index in [4.69, 9.17) is 4.98 Å².